The van der Waals surface area contributed by atoms with Crippen LogP contribution in [0.4, 0.5) is 0 Å². The zero-order valence-corrected chi connectivity index (χ0v) is 27.1. The quantitative estimate of drug-likeness (QED) is 0.227. The molecule has 1 N–H and O–H groups in total. The lowest BCUT2D eigenvalue weighted by atomic mass is 9.86. The zero-order valence-electron chi connectivity index (χ0n) is 23.9. The number of amides is 2. The Bertz CT molecular complexity index is 1710. The number of benzene rings is 2. The van der Waals surface area contributed by atoms with E-state index in [0.29, 0.717) is 9.48 Å². The minimum absolute atomic E-state index is 0.110. The molecule has 2 aromatic heterocycles. The molecular formula is C30H31BrN6O4S2. The van der Waals surface area contributed by atoms with Gasteiger partial charge in [0.05, 0.1) is 24.1 Å². The van der Waals surface area contributed by atoms with Gasteiger partial charge in [0.15, 0.2) is 0 Å². The van der Waals surface area contributed by atoms with Crippen molar-refractivity contribution in [1.29, 1.82) is 5.26 Å². The summed E-state index contributed by atoms with van der Waals surface area (Å²) >= 11 is 4.89. The first-order valence-corrected chi connectivity index (χ1v) is 16.5. The van der Waals surface area contributed by atoms with Crippen LogP contribution in [0.1, 0.15) is 54.5 Å². The van der Waals surface area contributed by atoms with E-state index in [2.05, 4.69) is 57.6 Å². The molecule has 224 valence electrons. The van der Waals surface area contributed by atoms with Crippen LogP contribution in [0.3, 0.4) is 0 Å². The van der Waals surface area contributed by atoms with Crippen molar-refractivity contribution >= 4 is 49.1 Å². The fourth-order valence-corrected chi connectivity index (χ4v) is 7.35. The third-order valence-electron chi connectivity index (χ3n) is 6.90. The molecule has 0 spiro atoms. The summed E-state index contributed by atoms with van der Waals surface area (Å²) in [6.07, 6.45) is 4.40. The first-order valence-electron chi connectivity index (χ1n) is 13.3. The van der Waals surface area contributed by atoms with Crippen LogP contribution in [0, 0.1) is 11.3 Å². The first kappa shape index (κ1) is 32.1. The number of hydrogen-bond donors (Lipinski definition) is 1. The number of sulfonamides is 1. The maximum absolute atomic E-state index is 14.5. The van der Waals surface area contributed by atoms with Crippen molar-refractivity contribution in [2.75, 3.05) is 0 Å². The van der Waals surface area contributed by atoms with Gasteiger partial charge in [-0.1, -0.05) is 61.0 Å². The Morgan fingerprint density at radius 3 is 2.44 bits per heavy atom. The Kier molecular flexibility index (Phi) is 9.84. The number of rotatable bonds is 11. The van der Waals surface area contributed by atoms with Crippen LogP contribution in [0.5, 0.6) is 0 Å². The van der Waals surface area contributed by atoms with Crippen molar-refractivity contribution in [3.05, 3.63) is 99.2 Å². The lowest BCUT2D eigenvalue weighted by Crippen LogP contribution is -2.63. The second kappa shape index (κ2) is 13.2. The van der Waals surface area contributed by atoms with E-state index in [-0.39, 0.29) is 41.8 Å². The van der Waals surface area contributed by atoms with E-state index in [1.54, 1.807) is 54.2 Å². The minimum atomic E-state index is -4.33. The summed E-state index contributed by atoms with van der Waals surface area (Å²) in [4.78, 5) is 34.4. The van der Waals surface area contributed by atoms with Gasteiger partial charge in [0.25, 0.3) is 21.8 Å². The molecule has 0 aliphatic rings. The van der Waals surface area contributed by atoms with Gasteiger partial charge in [-0.15, -0.1) is 11.3 Å². The number of hydrogen-bond acceptors (Lipinski definition) is 8. The molecule has 0 radical (unpaired) electrons. The Hall–Kier alpha value is -3.86. The van der Waals surface area contributed by atoms with Crippen LogP contribution in [0.25, 0.3) is 0 Å². The summed E-state index contributed by atoms with van der Waals surface area (Å²) in [5.41, 5.74) is -0.809. The summed E-state index contributed by atoms with van der Waals surface area (Å²) < 4.78 is 31.1. The Labute approximate surface area is 263 Å². The lowest BCUT2D eigenvalue weighted by molar-refractivity contribution is -0.132. The van der Waals surface area contributed by atoms with Gasteiger partial charge in [-0.2, -0.15) is 10.4 Å². The second-order valence-electron chi connectivity index (χ2n) is 10.9. The summed E-state index contributed by atoms with van der Waals surface area (Å²) in [6, 6.07) is 16.4. The minimum Gasteiger partial charge on any atom is -0.315 e. The van der Waals surface area contributed by atoms with Crippen molar-refractivity contribution in [2.24, 2.45) is 0 Å². The van der Waals surface area contributed by atoms with E-state index in [1.807, 2.05) is 6.07 Å². The summed E-state index contributed by atoms with van der Waals surface area (Å²) in [5.74, 6) is -1.49. The number of nitrogens with zero attached hydrogens (tertiary/aromatic N) is 5. The van der Waals surface area contributed by atoms with Crippen molar-refractivity contribution in [3.8, 4) is 6.07 Å². The molecular weight excluding hydrogens is 652 g/mol. The highest BCUT2D eigenvalue weighted by atomic mass is 79.9. The molecule has 2 heterocycles. The average molecular weight is 684 g/mol. The van der Waals surface area contributed by atoms with E-state index in [4.69, 9.17) is 0 Å². The normalized spacial score (nSPS) is 13.1. The first-order chi connectivity index (χ1) is 20.4. The van der Waals surface area contributed by atoms with Crippen LogP contribution in [0.2, 0.25) is 0 Å². The lowest BCUT2D eigenvalue weighted by Gasteiger charge is -2.42. The number of nitrogens with one attached hydrogen (secondary N) is 1. The predicted molar refractivity (Wildman–Crippen MR) is 166 cm³/mol. The zero-order chi connectivity index (χ0) is 31.3. The smallest absolute Gasteiger partial charge is 0.264 e. The van der Waals surface area contributed by atoms with Gasteiger partial charge in [-0.3, -0.25) is 14.3 Å². The molecule has 0 fully saturated rings. The van der Waals surface area contributed by atoms with Gasteiger partial charge in [0, 0.05) is 40.4 Å². The summed E-state index contributed by atoms with van der Waals surface area (Å²) in [6.45, 7) is 5.84. The largest absolute Gasteiger partial charge is 0.315 e. The number of carbonyl (C=O) groups excluding carboxylic acids is 2. The fourth-order valence-electron chi connectivity index (χ4n) is 4.70. The molecule has 0 aliphatic heterocycles. The monoisotopic (exact) mass is 682 g/mol. The highest BCUT2D eigenvalue weighted by Crippen LogP contribution is 2.34. The van der Waals surface area contributed by atoms with Crippen molar-refractivity contribution in [1.82, 2.24) is 24.4 Å². The summed E-state index contributed by atoms with van der Waals surface area (Å²) in [7, 11) is -4.33. The van der Waals surface area contributed by atoms with E-state index in [0.717, 1.165) is 5.56 Å². The Balaban J connectivity index is 1.90. The summed E-state index contributed by atoms with van der Waals surface area (Å²) in [5, 5.41) is 16.2. The van der Waals surface area contributed by atoms with E-state index < -0.39 is 27.4 Å². The molecule has 1 unspecified atom stereocenters. The Morgan fingerprint density at radius 2 is 1.86 bits per heavy atom. The van der Waals surface area contributed by atoms with E-state index in [9.17, 15) is 23.3 Å². The highest BCUT2D eigenvalue weighted by molar-refractivity contribution is 9.10. The van der Waals surface area contributed by atoms with Crippen LogP contribution in [0.15, 0.2) is 87.9 Å². The van der Waals surface area contributed by atoms with Crippen LogP contribution in [-0.2, 0) is 33.3 Å². The molecule has 0 bridgehead atoms. The molecule has 0 saturated heterocycles. The molecule has 43 heavy (non-hydrogen) atoms. The van der Waals surface area contributed by atoms with E-state index >= 15 is 0 Å². The molecule has 1 atom stereocenters. The van der Waals surface area contributed by atoms with Crippen molar-refractivity contribution < 1.29 is 18.0 Å². The molecule has 0 saturated carbocycles. The van der Waals surface area contributed by atoms with Gasteiger partial charge in [-0.25, -0.2) is 18.1 Å². The number of halogens is 1. The molecule has 2 aromatic carbocycles. The maximum atomic E-state index is 14.5. The predicted octanol–water partition coefficient (Wildman–Crippen LogP) is 5.29. The SMILES string of the molecule is CC(C)(C)c1ccc(C(=O)N(Cc2nccs2)C(CCC#N)(Cn2cccn2)C(=O)NS(=O)(=O)c2ccccc2)cc1Br. The molecule has 13 heteroatoms. The number of carbonyl (C=O) groups is 2. The number of thiazole rings is 1. The third-order valence-corrected chi connectivity index (χ3v) is 9.67. The fraction of sp³-hybridized carbons (Fsp3) is 0.300. The second-order valence-corrected chi connectivity index (χ2v) is 14.4. The molecule has 4 aromatic rings. The van der Waals surface area contributed by atoms with Crippen molar-refractivity contribution in [2.45, 2.75) is 62.6 Å². The number of nitriles is 1. The van der Waals surface area contributed by atoms with Gasteiger partial charge >= 0.3 is 0 Å². The van der Waals surface area contributed by atoms with Crippen LogP contribution >= 0.6 is 27.3 Å². The van der Waals surface area contributed by atoms with Crippen molar-refractivity contribution in [3.63, 3.8) is 0 Å². The van der Waals surface area contributed by atoms with Gasteiger partial charge in [-0.05, 0) is 47.7 Å². The molecule has 10 nitrogen and oxygen atoms in total. The molecule has 0 aliphatic carbocycles. The number of aromatic nitrogens is 3. The standard InChI is InChI=1S/C30H31BrN6O4S2/c1-29(2,3)24-12-11-22(19-25(24)31)27(38)37(20-26-33-16-18-42-26)30(13-7-14-32,21-36-17-8-15-34-36)28(39)35-43(40,41)23-9-5-4-6-10-23/h4-6,8-12,15-19H,7,13,20-21H2,1-3H3,(H,35,39). The van der Waals surface area contributed by atoms with Gasteiger partial charge < -0.3 is 4.90 Å². The highest BCUT2D eigenvalue weighted by Gasteiger charge is 2.49. The van der Waals surface area contributed by atoms with Gasteiger partial charge in [0.1, 0.15) is 10.5 Å². The van der Waals surface area contributed by atoms with E-state index in [1.165, 1.54) is 39.2 Å². The molecule has 2 amide bonds. The van der Waals surface area contributed by atoms with Gasteiger partial charge in [0.2, 0.25) is 0 Å². The third kappa shape index (κ3) is 7.38. The maximum Gasteiger partial charge on any atom is 0.264 e. The average Bonchev–Trinajstić information content (AvgIpc) is 3.68. The topological polar surface area (TPSA) is 138 Å². The van der Waals surface area contributed by atoms with Crippen LogP contribution < -0.4 is 4.72 Å². The van der Waals surface area contributed by atoms with Crippen LogP contribution in [-0.4, -0.2) is 45.4 Å². The molecule has 4 rings (SSSR count). The Morgan fingerprint density at radius 1 is 1.12 bits per heavy atom.